The van der Waals surface area contributed by atoms with Crippen molar-refractivity contribution in [2.24, 2.45) is 0 Å². The fraction of sp³-hybridized carbons (Fsp3) is 0.0833. The summed E-state index contributed by atoms with van der Waals surface area (Å²) in [6.45, 7) is 0. The second kappa shape index (κ2) is 4.97. The van der Waals surface area contributed by atoms with Gasteiger partial charge in [-0.05, 0) is 12.1 Å². The topological polar surface area (TPSA) is 48.1 Å². The maximum atomic E-state index is 14.0. The molecule has 0 bridgehead atoms. The van der Waals surface area contributed by atoms with Crippen molar-refractivity contribution >= 4 is 17.3 Å². The van der Waals surface area contributed by atoms with E-state index in [0.717, 1.165) is 18.3 Å². The Morgan fingerprint density at radius 3 is 2.47 bits per heavy atom. The van der Waals surface area contributed by atoms with Crippen LogP contribution >= 0.6 is 11.6 Å². The monoisotopic (exact) mass is 288 g/mol. The Hall–Kier alpha value is -1.95. The van der Waals surface area contributed by atoms with Crippen LogP contribution in [-0.4, -0.2) is 12.1 Å². The molecular formula is C12H8ClF3N2O. The smallest absolute Gasteiger partial charge is 0.178 e. The molecule has 0 amide bonds. The summed E-state index contributed by atoms with van der Waals surface area (Å²) in [5.74, 6) is -3.53. The van der Waals surface area contributed by atoms with Crippen LogP contribution in [0.3, 0.4) is 0 Å². The quantitative estimate of drug-likeness (QED) is 0.862. The van der Waals surface area contributed by atoms with Crippen LogP contribution in [-0.2, 0) is 0 Å². The summed E-state index contributed by atoms with van der Waals surface area (Å²) in [6.07, 6.45) is 1.12. The van der Waals surface area contributed by atoms with E-state index in [2.05, 4.69) is 4.98 Å². The average Bonchev–Trinajstić information content (AvgIpc) is 2.40. The number of aromatic nitrogens is 1. The molecule has 1 aromatic heterocycles. The molecule has 0 saturated carbocycles. The number of nitrogens with zero attached hydrogens (tertiary/aromatic N) is 1. The standard InChI is InChI=1S/C12H8ClF3N2O/c1-19-7-4-18-12(10(16)11(7)17)5-2-3-6(13)9(15)8(5)14/h2-4H,1H3,(H2,17,18). The van der Waals surface area contributed by atoms with E-state index in [1.807, 2.05) is 0 Å². The van der Waals surface area contributed by atoms with Gasteiger partial charge in [0.15, 0.2) is 23.2 Å². The molecule has 0 unspecified atom stereocenters. The molecule has 0 atom stereocenters. The highest BCUT2D eigenvalue weighted by Crippen LogP contribution is 2.33. The van der Waals surface area contributed by atoms with Gasteiger partial charge in [0.05, 0.1) is 18.3 Å². The van der Waals surface area contributed by atoms with Crippen LogP contribution in [0.1, 0.15) is 0 Å². The number of benzene rings is 1. The second-order valence-corrected chi connectivity index (χ2v) is 4.03. The summed E-state index contributed by atoms with van der Waals surface area (Å²) in [4.78, 5) is 3.68. The van der Waals surface area contributed by atoms with Gasteiger partial charge < -0.3 is 10.5 Å². The predicted octanol–water partition coefficient (Wildman–Crippen LogP) is 3.41. The molecular weight excluding hydrogens is 281 g/mol. The predicted molar refractivity (Wildman–Crippen MR) is 65.5 cm³/mol. The zero-order valence-corrected chi connectivity index (χ0v) is 10.4. The summed E-state index contributed by atoms with van der Waals surface area (Å²) >= 11 is 5.42. The van der Waals surface area contributed by atoms with Gasteiger partial charge in [0.2, 0.25) is 0 Å². The number of nitrogen functional groups attached to an aromatic ring is 1. The van der Waals surface area contributed by atoms with E-state index in [9.17, 15) is 13.2 Å². The highest BCUT2D eigenvalue weighted by Gasteiger charge is 2.20. The summed E-state index contributed by atoms with van der Waals surface area (Å²) in [7, 11) is 1.29. The number of methoxy groups -OCH3 is 1. The summed E-state index contributed by atoms with van der Waals surface area (Å²) in [5.41, 5.74) is 4.36. The number of rotatable bonds is 2. The minimum absolute atomic E-state index is 0.0103. The molecule has 19 heavy (non-hydrogen) atoms. The Kier molecular flexibility index (Phi) is 3.53. The van der Waals surface area contributed by atoms with E-state index < -0.39 is 28.2 Å². The van der Waals surface area contributed by atoms with Crippen molar-refractivity contribution in [3.63, 3.8) is 0 Å². The van der Waals surface area contributed by atoms with Crippen molar-refractivity contribution in [1.29, 1.82) is 0 Å². The molecule has 0 aliphatic rings. The van der Waals surface area contributed by atoms with Gasteiger partial charge in [-0.15, -0.1) is 0 Å². The van der Waals surface area contributed by atoms with Crippen LogP contribution in [0, 0.1) is 17.5 Å². The number of hydrogen-bond donors (Lipinski definition) is 1. The normalized spacial score (nSPS) is 10.6. The van der Waals surface area contributed by atoms with E-state index in [1.54, 1.807) is 0 Å². The van der Waals surface area contributed by atoms with Gasteiger partial charge in [-0.2, -0.15) is 0 Å². The number of halogens is 4. The molecule has 3 nitrogen and oxygen atoms in total. The van der Waals surface area contributed by atoms with Crippen LogP contribution in [0.4, 0.5) is 18.9 Å². The van der Waals surface area contributed by atoms with Crippen LogP contribution in [0.15, 0.2) is 18.3 Å². The van der Waals surface area contributed by atoms with E-state index >= 15 is 0 Å². The summed E-state index contributed by atoms with van der Waals surface area (Å²) in [6, 6.07) is 2.23. The molecule has 2 N–H and O–H groups in total. The van der Waals surface area contributed by atoms with Crippen molar-refractivity contribution in [2.75, 3.05) is 12.8 Å². The maximum Gasteiger partial charge on any atom is 0.178 e. The van der Waals surface area contributed by atoms with Crippen molar-refractivity contribution in [2.45, 2.75) is 0 Å². The van der Waals surface area contributed by atoms with Crippen LogP contribution in [0.2, 0.25) is 5.02 Å². The lowest BCUT2D eigenvalue weighted by Crippen LogP contribution is -2.02. The zero-order valence-electron chi connectivity index (χ0n) is 9.68. The Balaban J connectivity index is 2.67. The first-order chi connectivity index (χ1) is 8.97. The van der Waals surface area contributed by atoms with Crippen LogP contribution in [0.5, 0.6) is 5.75 Å². The Labute approximate surface area is 111 Å². The first kappa shape index (κ1) is 13.5. The molecule has 0 radical (unpaired) electrons. The lowest BCUT2D eigenvalue weighted by Gasteiger charge is -2.10. The van der Waals surface area contributed by atoms with Gasteiger partial charge in [0.1, 0.15) is 11.4 Å². The van der Waals surface area contributed by atoms with E-state index in [4.69, 9.17) is 22.1 Å². The van der Waals surface area contributed by atoms with Crippen molar-refractivity contribution in [3.05, 3.63) is 40.8 Å². The molecule has 0 saturated heterocycles. The minimum Gasteiger partial charge on any atom is -0.493 e. The third kappa shape index (κ3) is 2.19. The van der Waals surface area contributed by atoms with Gasteiger partial charge in [0, 0.05) is 5.56 Å². The third-order valence-electron chi connectivity index (χ3n) is 2.53. The first-order valence-electron chi connectivity index (χ1n) is 5.09. The van der Waals surface area contributed by atoms with Gasteiger partial charge >= 0.3 is 0 Å². The largest absolute Gasteiger partial charge is 0.493 e. The van der Waals surface area contributed by atoms with Gasteiger partial charge in [-0.3, -0.25) is 0 Å². The molecule has 0 spiro atoms. The van der Waals surface area contributed by atoms with Gasteiger partial charge in [0.25, 0.3) is 0 Å². The van der Waals surface area contributed by atoms with Gasteiger partial charge in [-0.25, -0.2) is 18.2 Å². The SMILES string of the molecule is COc1cnc(-c2ccc(Cl)c(F)c2F)c(F)c1N. The molecule has 0 fully saturated rings. The fourth-order valence-electron chi connectivity index (χ4n) is 1.54. The molecule has 1 aromatic carbocycles. The highest BCUT2D eigenvalue weighted by molar-refractivity contribution is 6.30. The zero-order chi connectivity index (χ0) is 14.2. The molecule has 0 aliphatic carbocycles. The Bertz CT molecular complexity index is 649. The number of hydrogen-bond acceptors (Lipinski definition) is 3. The van der Waals surface area contributed by atoms with E-state index in [0.29, 0.717) is 0 Å². The average molecular weight is 289 g/mol. The fourth-order valence-corrected chi connectivity index (χ4v) is 1.69. The molecule has 2 aromatic rings. The molecule has 0 aliphatic heterocycles. The summed E-state index contributed by atoms with van der Waals surface area (Å²) in [5, 5.41) is -0.400. The third-order valence-corrected chi connectivity index (χ3v) is 2.82. The highest BCUT2D eigenvalue weighted by atomic mass is 35.5. The molecule has 100 valence electrons. The summed E-state index contributed by atoms with van der Waals surface area (Å²) < 4.78 is 45.8. The molecule has 7 heteroatoms. The first-order valence-corrected chi connectivity index (χ1v) is 5.47. The Morgan fingerprint density at radius 1 is 1.16 bits per heavy atom. The number of pyridine rings is 1. The van der Waals surface area contributed by atoms with E-state index in [-0.39, 0.29) is 17.0 Å². The second-order valence-electron chi connectivity index (χ2n) is 3.63. The van der Waals surface area contributed by atoms with Gasteiger partial charge in [-0.1, -0.05) is 11.6 Å². The number of anilines is 1. The lowest BCUT2D eigenvalue weighted by molar-refractivity contribution is 0.412. The van der Waals surface area contributed by atoms with Crippen molar-refractivity contribution < 1.29 is 17.9 Å². The minimum atomic E-state index is -1.29. The number of nitrogens with two attached hydrogens (primary N) is 1. The van der Waals surface area contributed by atoms with Crippen LogP contribution < -0.4 is 10.5 Å². The number of ether oxygens (including phenoxy) is 1. The lowest BCUT2D eigenvalue weighted by atomic mass is 10.1. The van der Waals surface area contributed by atoms with Crippen molar-refractivity contribution in [3.8, 4) is 17.0 Å². The molecule has 1 heterocycles. The maximum absolute atomic E-state index is 14.0. The van der Waals surface area contributed by atoms with Crippen molar-refractivity contribution in [1.82, 2.24) is 4.98 Å². The Morgan fingerprint density at radius 2 is 1.84 bits per heavy atom. The van der Waals surface area contributed by atoms with Crippen LogP contribution in [0.25, 0.3) is 11.3 Å². The van der Waals surface area contributed by atoms with E-state index in [1.165, 1.54) is 7.11 Å². The molecule has 2 rings (SSSR count).